The van der Waals surface area contributed by atoms with Gasteiger partial charge >= 0.3 is 91.9 Å². The summed E-state index contributed by atoms with van der Waals surface area (Å²) in [6.07, 6.45) is 0. The van der Waals surface area contributed by atoms with Gasteiger partial charge in [0, 0.05) is 0 Å². The second-order valence-electron chi connectivity index (χ2n) is 2.39. The number of thiophene rings is 1. The summed E-state index contributed by atoms with van der Waals surface area (Å²) in [5, 5.41) is 1.37. The molecule has 0 amide bonds. The molecule has 0 spiro atoms. The van der Waals surface area contributed by atoms with Gasteiger partial charge in [-0.2, -0.15) is 0 Å². The van der Waals surface area contributed by atoms with Crippen LogP contribution in [0.2, 0.25) is 0 Å². The minimum atomic E-state index is 0. The fraction of sp³-hybridized carbons (Fsp3) is 0. The standard InChI is InChI=1S/C8H5S.2Li.H/c1-2-4-8-7(3-1)5-6-9-8;;;/h1-5H;;;. The topological polar surface area (TPSA) is 0 Å². The molecule has 3 heteroatoms. The van der Waals surface area contributed by atoms with Crippen LogP contribution in [0.4, 0.5) is 0 Å². The predicted molar refractivity (Wildman–Crippen MR) is 54.4 cm³/mol. The molecule has 11 heavy (non-hydrogen) atoms. The second-order valence-corrected chi connectivity index (χ2v) is 3.68. The molecule has 0 aliphatic carbocycles. The Bertz CT molecular complexity index is 321. The molecule has 0 unspecified atom stereocenters. The molecule has 0 nitrogen and oxygen atoms in total. The van der Waals surface area contributed by atoms with Crippen molar-refractivity contribution in [3.05, 3.63) is 30.3 Å². The van der Waals surface area contributed by atoms with Crippen molar-refractivity contribution in [1.82, 2.24) is 0 Å². The summed E-state index contributed by atoms with van der Waals surface area (Å²) in [4.78, 5) is 0. The average Bonchev–Trinajstić information content (AvgIpc) is 2.27. The van der Waals surface area contributed by atoms with E-state index in [1.54, 1.807) is 0 Å². The molecule has 0 aliphatic rings. The molecule has 0 atom stereocenters. The SMILES string of the molecule is [LiH].[Li][c]1cc2ccccc2s1. The Balaban J connectivity index is 0.000000605. The van der Waals surface area contributed by atoms with Crippen LogP contribution in [0, 0.1) is 0 Å². The molecule has 1 heterocycles. The maximum atomic E-state index is 2.22. The number of fused-ring (bicyclic) bond motifs is 1. The molecule has 1 aromatic carbocycles. The normalized spacial score (nSPS) is 9.64. The van der Waals surface area contributed by atoms with Crippen LogP contribution in [0.5, 0.6) is 0 Å². The Hall–Kier alpha value is 0.375. The third kappa shape index (κ3) is 1.94. The van der Waals surface area contributed by atoms with Crippen molar-refractivity contribution in [3.63, 3.8) is 0 Å². The van der Waals surface area contributed by atoms with Gasteiger partial charge in [0.05, 0.1) is 0 Å². The maximum absolute atomic E-state index is 2.22. The summed E-state index contributed by atoms with van der Waals surface area (Å²) in [7, 11) is 0. The molecule has 2 rings (SSSR count). The molecule has 46 valence electrons. The van der Waals surface area contributed by atoms with Gasteiger partial charge in [0.25, 0.3) is 0 Å². The first-order valence-corrected chi connectivity index (χ1v) is 4.13. The van der Waals surface area contributed by atoms with Crippen molar-refractivity contribution < 1.29 is 0 Å². The van der Waals surface area contributed by atoms with E-state index < -0.39 is 0 Å². The van der Waals surface area contributed by atoms with E-state index in [4.69, 9.17) is 0 Å². The van der Waals surface area contributed by atoms with Crippen molar-refractivity contribution in [2.24, 2.45) is 0 Å². The van der Waals surface area contributed by atoms with Gasteiger partial charge in [0.1, 0.15) is 0 Å². The van der Waals surface area contributed by atoms with E-state index in [-0.39, 0.29) is 18.9 Å². The molecular formula is C8H6Li2S. The summed E-state index contributed by atoms with van der Waals surface area (Å²) >= 11 is 4.00. The Morgan fingerprint density at radius 1 is 1.18 bits per heavy atom. The zero-order valence-electron chi connectivity index (χ0n) is 5.79. The summed E-state index contributed by atoms with van der Waals surface area (Å²) in [5.74, 6) is 0. The van der Waals surface area contributed by atoms with E-state index >= 15 is 0 Å². The average molecular weight is 148 g/mol. The zero-order chi connectivity index (χ0) is 6.97. The fourth-order valence-corrected chi connectivity index (χ4v) is 2.04. The number of hydrogen-bond donors (Lipinski definition) is 0. The van der Waals surface area contributed by atoms with E-state index in [1.807, 2.05) is 11.3 Å². The van der Waals surface area contributed by atoms with Crippen molar-refractivity contribution in [3.8, 4) is 0 Å². The van der Waals surface area contributed by atoms with Gasteiger partial charge in [-0.1, -0.05) is 0 Å². The van der Waals surface area contributed by atoms with Gasteiger partial charge in [-0.25, -0.2) is 0 Å². The van der Waals surface area contributed by atoms with Crippen LogP contribution in [-0.4, -0.2) is 36.6 Å². The van der Waals surface area contributed by atoms with Crippen molar-refractivity contribution in [1.29, 1.82) is 0 Å². The molecular weight excluding hydrogens is 142 g/mol. The van der Waals surface area contributed by atoms with E-state index in [0.29, 0.717) is 0 Å². The summed E-state index contributed by atoms with van der Waals surface area (Å²) in [6, 6.07) is 10.7. The first-order valence-electron chi connectivity index (χ1n) is 3.31. The van der Waals surface area contributed by atoms with E-state index in [2.05, 4.69) is 48.0 Å². The second kappa shape index (κ2) is 3.86. The first kappa shape index (κ1) is 9.46. The molecule has 1 aromatic heterocycles. The zero-order valence-corrected chi connectivity index (χ0v) is 6.61. The first-order chi connectivity index (χ1) is 4.86. The van der Waals surface area contributed by atoms with Crippen molar-refractivity contribution in [2.45, 2.75) is 0 Å². The number of hydrogen-bond acceptors (Lipinski definition) is 1. The van der Waals surface area contributed by atoms with Crippen LogP contribution >= 0.6 is 11.3 Å². The van der Waals surface area contributed by atoms with Gasteiger partial charge in [0.15, 0.2) is 0 Å². The van der Waals surface area contributed by atoms with Gasteiger partial charge in [-0.3, -0.25) is 0 Å². The van der Waals surface area contributed by atoms with Crippen LogP contribution in [0.15, 0.2) is 30.3 Å². The molecule has 2 aromatic rings. The number of rotatable bonds is 0. The van der Waals surface area contributed by atoms with Crippen LogP contribution in [0.25, 0.3) is 10.1 Å². The van der Waals surface area contributed by atoms with Gasteiger partial charge in [-0.15, -0.1) is 0 Å². The Morgan fingerprint density at radius 2 is 1.91 bits per heavy atom. The molecule has 0 saturated carbocycles. The Morgan fingerprint density at radius 3 is 2.64 bits per heavy atom. The predicted octanol–water partition coefficient (Wildman–Crippen LogP) is 1.05. The van der Waals surface area contributed by atoms with Gasteiger partial charge in [0.2, 0.25) is 0 Å². The van der Waals surface area contributed by atoms with E-state index in [9.17, 15) is 0 Å². The van der Waals surface area contributed by atoms with Gasteiger partial charge in [-0.05, 0) is 0 Å². The van der Waals surface area contributed by atoms with Crippen LogP contribution < -0.4 is 3.55 Å². The summed E-state index contributed by atoms with van der Waals surface area (Å²) in [6.45, 7) is 0. The third-order valence-corrected chi connectivity index (χ3v) is 2.58. The molecule has 0 N–H and O–H groups in total. The third-order valence-electron chi connectivity index (χ3n) is 1.55. The molecule has 0 radical (unpaired) electrons. The fourth-order valence-electron chi connectivity index (χ4n) is 1.11. The van der Waals surface area contributed by atoms with Crippen LogP contribution in [0.1, 0.15) is 0 Å². The van der Waals surface area contributed by atoms with E-state index in [1.165, 1.54) is 13.6 Å². The monoisotopic (exact) mass is 148 g/mol. The molecule has 0 fully saturated rings. The minimum absolute atomic E-state index is 0. The Labute approximate surface area is 91.4 Å². The van der Waals surface area contributed by atoms with Crippen molar-refractivity contribution >= 4 is 61.5 Å². The Kier molecular flexibility index (Phi) is 3.32. The van der Waals surface area contributed by atoms with E-state index in [0.717, 1.165) is 0 Å². The molecule has 0 aliphatic heterocycles. The quantitative estimate of drug-likeness (QED) is 0.490. The van der Waals surface area contributed by atoms with Crippen LogP contribution in [0.3, 0.4) is 0 Å². The van der Waals surface area contributed by atoms with Gasteiger partial charge < -0.3 is 0 Å². The molecule has 0 bridgehead atoms. The number of benzene rings is 1. The molecule has 0 saturated heterocycles. The van der Waals surface area contributed by atoms with Crippen LogP contribution in [-0.2, 0) is 0 Å². The summed E-state index contributed by atoms with van der Waals surface area (Å²) in [5.41, 5.74) is 0. The summed E-state index contributed by atoms with van der Waals surface area (Å²) < 4.78 is 2.78. The van der Waals surface area contributed by atoms with Crippen molar-refractivity contribution in [2.75, 3.05) is 0 Å².